The molecule has 0 atom stereocenters. The molecule has 2 aliphatic heterocycles. The molecule has 0 aliphatic carbocycles. The summed E-state index contributed by atoms with van der Waals surface area (Å²) in [5.74, 6) is 4.76. The number of nitrogens with zero attached hydrogens (tertiary/aromatic N) is 12. The maximum absolute atomic E-state index is 5.70. The van der Waals surface area contributed by atoms with Crippen LogP contribution >= 0.6 is 0 Å². The first-order valence-corrected chi connectivity index (χ1v) is 35.5. The topological polar surface area (TPSA) is 127 Å². The largest absolute Gasteiger partial charge is 0.311 e. The number of rotatable bonds is 13. The number of benzene rings is 14. The summed E-state index contributed by atoms with van der Waals surface area (Å²) in [6.07, 6.45) is 0. The molecular formula is C93H59BN12. The molecule has 0 N–H and O–H groups in total. The average molecular weight is 1360 g/mol. The smallest absolute Gasteiger partial charge is 0.252 e. The Morgan fingerprint density at radius 3 is 1.00 bits per heavy atom. The predicted octanol–water partition coefficient (Wildman–Crippen LogP) is 20.1. The highest BCUT2D eigenvalue weighted by atomic mass is 15.2. The first kappa shape index (κ1) is 61.4. The van der Waals surface area contributed by atoms with Gasteiger partial charge in [0.2, 0.25) is 0 Å². The molecular weight excluding hydrogens is 1300 g/mol. The van der Waals surface area contributed by atoms with E-state index in [-0.39, 0.29) is 6.71 Å². The zero-order chi connectivity index (χ0) is 70.0. The fraction of sp³-hybridized carbons (Fsp3) is 0. The minimum absolute atomic E-state index is 0.0351. The summed E-state index contributed by atoms with van der Waals surface area (Å²) in [5.41, 5.74) is 22.6. The van der Waals surface area contributed by atoms with Crippen LogP contribution in [0.2, 0.25) is 0 Å². The maximum Gasteiger partial charge on any atom is 0.252 e. The zero-order valence-corrected chi connectivity index (χ0v) is 57.0. The van der Waals surface area contributed by atoms with Crippen LogP contribution < -0.4 is 26.2 Å². The van der Waals surface area contributed by atoms with E-state index >= 15 is 0 Å². The van der Waals surface area contributed by atoms with Gasteiger partial charge in [-0.05, 0) is 125 Å². The molecule has 0 unspecified atom stereocenters. The molecule has 4 aromatic heterocycles. The SMILES string of the molecule is c1ccc(-c2nc(-c3ccccc3)nc(-c3ccc(-n4c5ccccc5c5cc(-c6nc(-c7ccccc7)nc(-c7ccccc7)n6)ccc54)c(-c4nc(-c5ccccc5)nc(-c5cccc(-c6cc7c8c(c6)N(c6ccccc6)c6ccccc6B8c6ccccc6N7c6ccccc6)c5)n4)c3)n2)cc1. The molecule has 18 aromatic rings. The van der Waals surface area contributed by atoms with Gasteiger partial charge in [0.1, 0.15) is 0 Å². The van der Waals surface area contributed by atoms with Crippen LogP contribution in [0.4, 0.5) is 34.1 Å². The van der Waals surface area contributed by atoms with Gasteiger partial charge in [-0.15, -0.1) is 0 Å². The van der Waals surface area contributed by atoms with Crippen LogP contribution in [0.3, 0.4) is 0 Å². The fourth-order valence-electron chi connectivity index (χ4n) is 15.3. The van der Waals surface area contributed by atoms with Crippen molar-refractivity contribution in [1.29, 1.82) is 0 Å². The molecule has 0 amide bonds. The van der Waals surface area contributed by atoms with Gasteiger partial charge in [0.05, 0.1) is 16.7 Å². The highest BCUT2D eigenvalue weighted by Crippen LogP contribution is 2.47. The summed E-state index contributed by atoms with van der Waals surface area (Å²) in [6, 6.07) is 125. The minimum atomic E-state index is -0.0351. The Balaban J connectivity index is 0.802. The van der Waals surface area contributed by atoms with Crippen molar-refractivity contribution in [2.24, 2.45) is 0 Å². The van der Waals surface area contributed by atoms with Crippen LogP contribution in [0.5, 0.6) is 0 Å². The van der Waals surface area contributed by atoms with Gasteiger partial charge in [-0.25, -0.2) is 44.9 Å². The standard InChI is InChI=1S/C93H59BN12/c1-8-29-60(30-9-1)85-95-86(61-31-10-2-11-32-61)98-91(97-85)67-51-53-78-73(56-67)72-45-22-25-48-77(72)106(78)79-54-52-68(92-99-87(62-33-12-3-13-34-62)96-88(100-92)63-35-14-4-15-36-63)57-74(79)93-102-89(64-37-16-5-17-38-64)101-90(103-93)66-40-28-39-65(55-66)69-58-82-84-83(59-69)105(71-43-20-7-21-44-71)81-50-27-24-47-76(81)94(84)75-46-23-26-49-80(75)104(82)70-41-18-6-19-42-70/h1-59H. The third kappa shape index (κ3) is 10.8. The Morgan fingerprint density at radius 1 is 0.198 bits per heavy atom. The van der Waals surface area contributed by atoms with Crippen molar-refractivity contribution < 1.29 is 0 Å². The summed E-state index contributed by atoms with van der Waals surface area (Å²) in [5, 5.41) is 2.03. The summed E-state index contributed by atoms with van der Waals surface area (Å²) in [4.78, 5) is 52.7. The molecule has 20 rings (SSSR count). The summed E-state index contributed by atoms with van der Waals surface area (Å²) in [7, 11) is 0. The van der Waals surface area contributed by atoms with Gasteiger partial charge in [-0.3, -0.25) is 0 Å². The van der Waals surface area contributed by atoms with E-state index in [4.69, 9.17) is 44.9 Å². The summed E-state index contributed by atoms with van der Waals surface area (Å²) in [6.45, 7) is -0.0351. The number of fused-ring (bicyclic) bond motifs is 7. The van der Waals surface area contributed by atoms with Crippen molar-refractivity contribution in [3.63, 3.8) is 0 Å². The average Bonchev–Trinajstić information content (AvgIpc) is 0.839. The van der Waals surface area contributed by atoms with Crippen LogP contribution in [-0.4, -0.2) is 56.1 Å². The number of aromatic nitrogens is 10. The van der Waals surface area contributed by atoms with E-state index in [1.54, 1.807) is 0 Å². The molecule has 106 heavy (non-hydrogen) atoms. The lowest BCUT2D eigenvalue weighted by molar-refractivity contribution is 1.06. The van der Waals surface area contributed by atoms with Gasteiger partial charge >= 0.3 is 0 Å². The molecule has 6 heterocycles. The third-order valence-electron chi connectivity index (χ3n) is 20.1. The lowest BCUT2D eigenvalue weighted by atomic mass is 9.33. The number of hydrogen-bond acceptors (Lipinski definition) is 11. The van der Waals surface area contributed by atoms with E-state index in [1.807, 2.05) is 140 Å². The van der Waals surface area contributed by atoms with E-state index in [0.29, 0.717) is 58.0 Å². The van der Waals surface area contributed by atoms with E-state index in [1.165, 1.54) is 16.4 Å². The van der Waals surface area contributed by atoms with Gasteiger partial charge in [-0.2, -0.15) is 0 Å². The fourth-order valence-corrected chi connectivity index (χ4v) is 15.3. The van der Waals surface area contributed by atoms with E-state index in [9.17, 15) is 0 Å². The summed E-state index contributed by atoms with van der Waals surface area (Å²) < 4.78 is 2.32. The van der Waals surface area contributed by atoms with Gasteiger partial charge in [0.15, 0.2) is 52.4 Å². The van der Waals surface area contributed by atoms with Crippen LogP contribution in [0.1, 0.15) is 0 Å². The lowest BCUT2D eigenvalue weighted by Gasteiger charge is -2.44. The molecule has 0 fully saturated rings. The van der Waals surface area contributed by atoms with Crippen LogP contribution in [0.25, 0.3) is 141 Å². The second kappa shape index (κ2) is 25.9. The molecule has 0 saturated heterocycles. The van der Waals surface area contributed by atoms with Crippen LogP contribution in [-0.2, 0) is 0 Å². The predicted molar refractivity (Wildman–Crippen MR) is 429 cm³/mol. The first-order chi connectivity index (χ1) is 52.5. The minimum Gasteiger partial charge on any atom is -0.311 e. The third-order valence-corrected chi connectivity index (χ3v) is 20.1. The van der Waals surface area contributed by atoms with Gasteiger partial charge in [-0.1, -0.05) is 261 Å². The van der Waals surface area contributed by atoms with Crippen LogP contribution in [0.15, 0.2) is 358 Å². The second-order valence-electron chi connectivity index (χ2n) is 26.5. The molecule has 2 aliphatic rings. The Labute approximate surface area is 611 Å². The van der Waals surface area contributed by atoms with Crippen molar-refractivity contribution >= 4 is 79.0 Å². The lowest BCUT2D eigenvalue weighted by Crippen LogP contribution is -2.61. The monoisotopic (exact) mass is 1350 g/mol. The number of anilines is 6. The van der Waals surface area contributed by atoms with Crippen molar-refractivity contribution in [2.45, 2.75) is 0 Å². The first-order valence-electron chi connectivity index (χ1n) is 35.5. The van der Waals surface area contributed by atoms with Gasteiger partial charge < -0.3 is 14.4 Å². The van der Waals surface area contributed by atoms with E-state index < -0.39 is 0 Å². The second-order valence-corrected chi connectivity index (χ2v) is 26.5. The van der Waals surface area contributed by atoms with Crippen molar-refractivity contribution in [2.75, 3.05) is 9.80 Å². The maximum atomic E-state index is 5.70. The van der Waals surface area contributed by atoms with E-state index in [0.717, 1.165) is 117 Å². The van der Waals surface area contributed by atoms with Gasteiger partial charge in [0.25, 0.3) is 6.71 Å². The normalized spacial score (nSPS) is 12.1. The summed E-state index contributed by atoms with van der Waals surface area (Å²) >= 11 is 0. The Bertz CT molecular complexity index is 6180. The molecule has 0 bridgehead atoms. The van der Waals surface area contributed by atoms with Gasteiger partial charge in [0, 0.05) is 95.0 Å². The van der Waals surface area contributed by atoms with E-state index in [2.05, 4.69) is 233 Å². The van der Waals surface area contributed by atoms with Crippen molar-refractivity contribution in [3.05, 3.63) is 358 Å². The Hall–Kier alpha value is -14.4. The molecule has 0 spiro atoms. The molecule has 494 valence electrons. The molecule has 0 saturated carbocycles. The molecule has 13 heteroatoms. The highest BCUT2D eigenvalue weighted by molar-refractivity contribution is 7.00. The quantitative estimate of drug-likeness (QED) is 0.102. The van der Waals surface area contributed by atoms with Crippen molar-refractivity contribution in [3.8, 4) is 119 Å². The zero-order valence-electron chi connectivity index (χ0n) is 57.0. The highest BCUT2D eigenvalue weighted by Gasteiger charge is 2.43. The number of para-hydroxylation sites is 5. The van der Waals surface area contributed by atoms with Crippen LogP contribution in [0, 0.1) is 0 Å². The molecule has 0 radical (unpaired) electrons. The molecule has 12 nitrogen and oxygen atoms in total. The van der Waals surface area contributed by atoms with Crippen molar-refractivity contribution in [1.82, 2.24) is 49.4 Å². The Morgan fingerprint density at radius 2 is 0.538 bits per heavy atom. The Kier molecular flexibility index (Phi) is 15.0. The number of hydrogen-bond donors (Lipinski definition) is 0. The molecule has 14 aromatic carbocycles.